The van der Waals surface area contributed by atoms with Gasteiger partial charge in [0.2, 0.25) is 0 Å². The van der Waals surface area contributed by atoms with Gasteiger partial charge in [-0.3, -0.25) is 14.7 Å². The van der Waals surface area contributed by atoms with E-state index in [2.05, 4.69) is 26.6 Å². The second-order valence-electron chi connectivity index (χ2n) is 5.77. The number of aryl methyl sites for hydroxylation is 1. The van der Waals surface area contributed by atoms with Crippen molar-refractivity contribution in [1.82, 2.24) is 14.5 Å². The van der Waals surface area contributed by atoms with E-state index < -0.39 is 0 Å². The SMILES string of the molecule is CC(=O)c1cc(CN2CCC[C@@H]2c2ccccn2)n(C)c1. The zero-order valence-electron chi connectivity index (χ0n) is 12.6. The Morgan fingerprint density at radius 2 is 2.29 bits per heavy atom. The van der Waals surface area contributed by atoms with Gasteiger partial charge >= 0.3 is 0 Å². The maximum absolute atomic E-state index is 11.5. The van der Waals surface area contributed by atoms with E-state index in [-0.39, 0.29) is 5.78 Å². The van der Waals surface area contributed by atoms with E-state index >= 15 is 0 Å². The Bertz CT molecular complexity index is 633. The van der Waals surface area contributed by atoms with Gasteiger partial charge in [0.05, 0.1) is 11.7 Å². The number of hydrogen-bond acceptors (Lipinski definition) is 3. The molecule has 0 aliphatic carbocycles. The minimum atomic E-state index is 0.125. The number of aromatic nitrogens is 2. The summed E-state index contributed by atoms with van der Waals surface area (Å²) >= 11 is 0. The molecule has 1 atom stereocenters. The van der Waals surface area contributed by atoms with Gasteiger partial charge in [-0.1, -0.05) is 6.07 Å². The Morgan fingerprint density at radius 3 is 2.95 bits per heavy atom. The highest BCUT2D eigenvalue weighted by Gasteiger charge is 2.27. The van der Waals surface area contributed by atoms with Gasteiger partial charge in [0, 0.05) is 37.2 Å². The molecular weight excluding hydrogens is 262 g/mol. The molecule has 0 N–H and O–H groups in total. The van der Waals surface area contributed by atoms with Crippen molar-refractivity contribution in [1.29, 1.82) is 0 Å². The average molecular weight is 283 g/mol. The molecule has 1 aliphatic rings. The first-order valence-corrected chi connectivity index (χ1v) is 7.46. The number of likely N-dealkylation sites (tertiary alicyclic amines) is 1. The zero-order valence-corrected chi connectivity index (χ0v) is 12.6. The van der Waals surface area contributed by atoms with Crippen LogP contribution in [0.25, 0.3) is 0 Å². The molecule has 4 nitrogen and oxygen atoms in total. The summed E-state index contributed by atoms with van der Waals surface area (Å²) in [6, 6.07) is 8.52. The van der Waals surface area contributed by atoms with Crippen LogP contribution < -0.4 is 0 Å². The Morgan fingerprint density at radius 1 is 1.43 bits per heavy atom. The predicted molar refractivity (Wildman–Crippen MR) is 82.0 cm³/mol. The van der Waals surface area contributed by atoms with E-state index in [4.69, 9.17) is 0 Å². The van der Waals surface area contributed by atoms with Gasteiger partial charge in [-0.05, 0) is 44.5 Å². The van der Waals surface area contributed by atoms with Gasteiger partial charge < -0.3 is 4.57 Å². The highest BCUT2D eigenvalue weighted by Crippen LogP contribution is 2.32. The molecule has 1 fully saturated rings. The van der Waals surface area contributed by atoms with E-state index in [1.807, 2.05) is 31.6 Å². The number of ketones is 1. The van der Waals surface area contributed by atoms with Gasteiger partial charge in [-0.2, -0.15) is 0 Å². The summed E-state index contributed by atoms with van der Waals surface area (Å²) in [4.78, 5) is 18.5. The smallest absolute Gasteiger partial charge is 0.161 e. The molecule has 0 bridgehead atoms. The fraction of sp³-hybridized carbons (Fsp3) is 0.412. The van der Waals surface area contributed by atoms with Gasteiger partial charge in [-0.25, -0.2) is 0 Å². The van der Waals surface area contributed by atoms with Crippen molar-refractivity contribution in [2.75, 3.05) is 6.54 Å². The predicted octanol–water partition coefficient (Wildman–Crippen LogP) is 2.96. The second kappa shape index (κ2) is 5.82. The van der Waals surface area contributed by atoms with Crippen molar-refractivity contribution in [3.05, 3.63) is 53.6 Å². The summed E-state index contributed by atoms with van der Waals surface area (Å²) in [5.41, 5.74) is 3.13. The minimum Gasteiger partial charge on any atom is -0.353 e. The minimum absolute atomic E-state index is 0.125. The lowest BCUT2D eigenvalue weighted by Crippen LogP contribution is -2.24. The molecule has 4 heteroatoms. The summed E-state index contributed by atoms with van der Waals surface area (Å²) < 4.78 is 2.06. The van der Waals surface area contributed by atoms with Crippen LogP contribution in [0.15, 0.2) is 36.7 Å². The number of carbonyl (C=O) groups is 1. The Balaban J connectivity index is 1.79. The molecule has 1 saturated heterocycles. The maximum atomic E-state index is 11.5. The van der Waals surface area contributed by atoms with Crippen LogP contribution in [0.4, 0.5) is 0 Å². The molecule has 2 aromatic rings. The van der Waals surface area contributed by atoms with Crippen molar-refractivity contribution in [3.8, 4) is 0 Å². The monoisotopic (exact) mass is 283 g/mol. The number of nitrogens with zero attached hydrogens (tertiary/aromatic N) is 3. The first kappa shape index (κ1) is 14.0. The quantitative estimate of drug-likeness (QED) is 0.810. The molecule has 0 saturated carbocycles. The lowest BCUT2D eigenvalue weighted by atomic mass is 10.1. The topological polar surface area (TPSA) is 38.1 Å². The van der Waals surface area contributed by atoms with Crippen molar-refractivity contribution in [2.24, 2.45) is 7.05 Å². The molecule has 0 spiro atoms. The second-order valence-corrected chi connectivity index (χ2v) is 5.77. The Hall–Kier alpha value is -1.94. The van der Waals surface area contributed by atoms with Gasteiger partial charge in [-0.15, -0.1) is 0 Å². The van der Waals surface area contributed by atoms with Crippen molar-refractivity contribution in [3.63, 3.8) is 0 Å². The molecule has 0 unspecified atom stereocenters. The van der Waals surface area contributed by atoms with Crippen LogP contribution in [0.1, 0.15) is 47.6 Å². The summed E-state index contributed by atoms with van der Waals surface area (Å²) in [5, 5.41) is 0. The number of rotatable bonds is 4. The van der Waals surface area contributed by atoms with Crippen molar-refractivity contribution >= 4 is 5.78 Å². The molecule has 3 heterocycles. The third-order valence-corrected chi connectivity index (χ3v) is 4.27. The fourth-order valence-electron chi connectivity index (χ4n) is 3.09. The highest BCUT2D eigenvalue weighted by atomic mass is 16.1. The number of carbonyl (C=O) groups excluding carboxylic acids is 1. The molecule has 3 rings (SSSR count). The first-order valence-electron chi connectivity index (χ1n) is 7.46. The lowest BCUT2D eigenvalue weighted by molar-refractivity contribution is 0.101. The maximum Gasteiger partial charge on any atom is 0.161 e. The lowest BCUT2D eigenvalue weighted by Gasteiger charge is -2.24. The summed E-state index contributed by atoms with van der Waals surface area (Å²) in [5.74, 6) is 0.125. The van der Waals surface area contributed by atoms with Gasteiger partial charge in [0.15, 0.2) is 5.78 Å². The largest absolute Gasteiger partial charge is 0.353 e. The standard InChI is InChI=1S/C17H21N3O/c1-13(21)14-10-15(19(2)11-14)12-20-9-5-7-17(20)16-6-3-4-8-18-16/h3-4,6,8,10-11,17H,5,7,9,12H2,1-2H3/t17-/m1/s1. The van der Waals surface area contributed by atoms with Crippen molar-refractivity contribution in [2.45, 2.75) is 32.4 Å². The number of Topliss-reactive ketones (excluding diaryl/α,β-unsaturated/α-hetero) is 1. The molecule has 110 valence electrons. The van der Waals surface area contributed by atoms with Crippen LogP contribution in [-0.4, -0.2) is 26.8 Å². The van der Waals surface area contributed by atoms with Crippen molar-refractivity contribution < 1.29 is 4.79 Å². The van der Waals surface area contributed by atoms with E-state index in [9.17, 15) is 4.79 Å². The molecule has 2 aromatic heterocycles. The van der Waals surface area contributed by atoms with E-state index in [0.717, 1.165) is 30.8 Å². The normalized spacial score (nSPS) is 19.0. The third-order valence-electron chi connectivity index (χ3n) is 4.27. The molecule has 21 heavy (non-hydrogen) atoms. The fourth-order valence-corrected chi connectivity index (χ4v) is 3.09. The summed E-state index contributed by atoms with van der Waals surface area (Å²) in [6.45, 7) is 3.57. The van der Waals surface area contributed by atoms with Gasteiger partial charge in [0.1, 0.15) is 0 Å². The average Bonchev–Trinajstić information content (AvgIpc) is 3.08. The molecular formula is C17H21N3O. The Labute approximate surface area is 125 Å². The molecule has 1 aliphatic heterocycles. The van der Waals surface area contributed by atoms with Gasteiger partial charge in [0.25, 0.3) is 0 Å². The number of hydrogen-bond donors (Lipinski definition) is 0. The molecule has 0 amide bonds. The van der Waals surface area contributed by atoms with E-state index in [1.54, 1.807) is 6.92 Å². The van der Waals surface area contributed by atoms with Crippen LogP contribution >= 0.6 is 0 Å². The summed E-state index contributed by atoms with van der Waals surface area (Å²) in [7, 11) is 2.01. The van der Waals surface area contributed by atoms with Crippen LogP contribution in [0, 0.1) is 0 Å². The summed E-state index contributed by atoms with van der Waals surface area (Å²) in [6.07, 6.45) is 6.14. The highest BCUT2D eigenvalue weighted by molar-refractivity contribution is 5.94. The van der Waals surface area contributed by atoms with Crippen LogP contribution in [0.3, 0.4) is 0 Å². The third kappa shape index (κ3) is 2.90. The molecule has 0 aromatic carbocycles. The Kier molecular flexibility index (Phi) is 3.88. The van der Waals surface area contributed by atoms with Crippen LogP contribution in [0.2, 0.25) is 0 Å². The van der Waals surface area contributed by atoms with E-state index in [1.165, 1.54) is 12.1 Å². The number of pyridine rings is 1. The van der Waals surface area contributed by atoms with E-state index in [0.29, 0.717) is 6.04 Å². The zero-order chi connectivity index (χ0) is 14.8. The molecule has 0 radical (unpaired) electrons. The van der Waals surface area contributed by atoms with Crippen LogP contribution in [-0.2, 0) is 13.6 Å². The first-order chi connectivity index (χ1) is 10.1. The van der Waals surface area contributed by atoms with Crippen LogP contribution in [0.5, 0.6) is 0 Å².